The molecule has 2 aromatic rings. The van der Waals surface area contributed by atoms with Crippen molar-refractivity contribution in [3.8, 4) is 11.5 Å². The molecule has 7 heteroatoms. The molecule has 0 aliphatic carbocycles. The molecule has 0 radical (unpaired) electrons. The summed E-state index contributed by atoms with van der Waals surface area (Å²) in [5.74, 6) is 0.499. The molecule has 1 aliphatic rings. The van der Waals surface area contributed by atoms with E-state index < -0.39 is 15.8 Å². The summed E-state index contributed by atoms with van der Waals surface area (Å²) in [5.41, 5.74) is 0.828. The van der Waals surface area contributed by atoms with E-state index in [-0.39, 0.29) is 10.6 Å². The summed E-state index contributed by atoms with van der Waals surface area (Å²) in [6.45, 7) is 2.49. The smallest absolute Gasteiger partial charge is 0.262 e. The molecule has 0 fully saturated rings. The third-order valence-corrected chi connectivity index (χ3v) is 4.75. The molecule has 22 heavy (non-hydrogen) atoms. The summed E-state index contributed by atoms with van der Waals surface area (Å²) >= 11 is 0. The average Bonchev–Trinajstić information content (AvgIpc) is 2.48. The van der Waals surface area contributed by atoms with Gasteiger partial charge in [0, 0.05) is 11.8 Å². The van der Waals surface area contributed by atoms with Crippen LogP contribution in [0.15, 0.2) is 41.3 Å². The predicted octanol–water partition coefficient (Wildman–Crippen LogP) is 2.71. The number of benzene rings is 2. The number of nitrogens with one attached hydrogen (secondary N) is 1. The van der Waals surface area contributed by atoms with Crippen LogP contribution < -0.4 is 14.2 Å². The van der Waals surface area contributed by atoms with Crippen LogP contribution in [0.3, 0.4) is 0 Å². The third kappa shape index (κ3) is 2.85. The van der Waals surface area contributed by atoms with Crippen molar-refractivity contribution in [2.24, 2.45) is 0 Å². The lowest BCUT2D eigenvalue weighted by Gasteiger charge is -2.20. The molecule has 0 bridgehead atoms. The average molecular weight is 323 g/mol. The fourth-order valence-electron chi connectivity index (χ4n) is 2.19. The first-order valence-corrected chi connectivity index (χ1v) is 8.13. The highest BCUT2D eigenvalue weighted by molar-refractivity contribution is 7.92. The van der Waals surface area contributed by atoms with Gasteiger partial charge in [0.1, 0.15) is 19.0 Å². The molecule has 0 unspecified atom stereocenters. The Morgan fingerprint density at radius 3 is 2.27 bits per heavy atom. The number of ether oxygens (including phenoxy) is 2. The minimum atomic E-state index is -3.80. The van der Waals surface area contributed by atoms with Gasteiger partial charge < -0.3 is 9.47 Å². The standard InChI is InChI=1S/C15H14FNO4S/c1-10-8-13-14(21-7-6-20-13)9-15(10)22(18,19)17-12-4-2-11(16)3-5-12/h2-5,8-9,17H,6-7H2,1H3. The van der Waals surface area contributed by atoms with Gasteiger partial charge in [-0.3, -0.25) is 4.72 Å². The molecule has 0 amide bonds. The first kappa shape index (κ1) is 14.6. The molecule has 1 N–H and O–H groups in total. The summed E-state index contributed by atoms with van der Waals surface area (Å²) in [6, 6.07) is 8.17. The van der Waals surface area contributed by atoms with E-state index in [1.54, 1.807) is 13.0 Å². The lowest BCUT2D eigenvalue weighted by molar-refractivity contribution is 0.171. The van der Waals surface area contributed by atoms with Crippen LogP contribution in [0.4, 0.5) is 10.1 Å². The first-order chi connectivity index (χ1) is 10.5. The maximum Gasteiger partial charge on any atom is 0.262 e. The van der Waals surface area contributed by atoms with Crippen LogP contribution in [0.1, 0.15) is 5.56 Å². The number of sulfonamides is 1. The van der Waals surface area contributed by atoms with Gasteiger partial charge in [-0.2, -0.15) is 0 Å². The van der Waals surface area contributed by atoms with Crippen LogP contribution in [-0.4, -0.2) is 21.6 Å². The SMILES string of the molecule is Cc1cc2c(cc1S(=O)(=O)Nc1ccc(F)cc1)OCCO2. The Bertz CT molecular complexity index is 803. The predicted molar refractivity (Wildman–Crippen MR) is 79.4 cm³/mol. The zero-order chi connectivity index (χ0) is 15.7. The number of halogens is 1. The molecule has 116 valence electrons. The van der Waals surface area contributed by atoms with E-state index in [1.807, 2.05) is 0 Å². The summed E-state index contributed by atoms with van der Waals surface area (Å²) in [7, 11) is -3.80. The van der Waals surface area contributed by atoms with Gasteiger partial charge in [-0.05, 0) is 42.8 Å². The Balaban J connectivity index is 1.96. The first-order valence-electron chi connectivity index (χ1n) is 6.64. The molecular weight excluding hydrogens is 309 g/mol. The van der Waals surface area contributed by atoms with Crippen LogP contribution in [0, 0.1) is 12.7 Å². The van der Waals surface area contributed by atoms with Crippen molar-refractivity contribution in [2.45, 2.75) is 11.8 Å². The Kier molecular flexibility index (Phi) is 3.66. The fourth-order valence-corrected chi connectivity index (χ4v) is 3.49. The summed E-state index contributed by atoms with van der Waals surface area (Å²) in [4.78, 5) is 0.0982. The van der Waals surface area contributed by atoms with Gasteiger partial charge in [-0.25, -0.2) is 12.8 Å². The Hall–Kier alpha value is -2.28. The van der Waals surface area contributed by atoms with Gasteiger partial charge >= 0.3 is 0 Å². The van der Waals surface area contributed by atoms with E-state index in [0.717, 1.165) is 0 Å². The zero-order valence-electron chi connectivity index (χ0n) is 11.8. The molecule has 0 saturated carbocycles. The lowest BCUT2D eigenvalue weighted by Crippen LogP contribution is -2.18. The fraction of sp³-hybridized carbons (Fsp3) is 0.200. The summed E-state index contributed by atoms with van der Waals surface area (Å²) in [6.07, 6.45) is 0. The van der Waals surface area contributed by atoms with Gasteiger partial charge in [-0.1, -0.05) is 0 Å². The molecule has 0 saturated heterocycles. The molecule has 0 aromatic heterocycles. The molecular formula is C15H14FNO4S. The molecule has 0 atom stereocenters. The number of anilines is 1. The van der Waals surface area contributed by atoms with E-state index >= 15 is 0 Å². The van der Waals surface area contributed by atoms with Crippen molar-refractivity contribution >= 4 is 15.7 Å². The molecule has 2 aromatic carbocycles. The van der Waals surface area contributed by atoms with Crippen molar-refractivity contribution < 1.29 is 22.3 Å². The Labute approximate surface area is 127 Å². The van der Waals surface area contributed by atoms with Crippen LogP contribution in [0.25, 0.3) is 0 Å². The number of aryl methyl sites for hydroxylation is 1. The molecule has 1 aliphatic heterocycles. The van der Waals surface area contributed by atoms with Crippen LogP contribution in [-0.2, 0) is 10.0 Å². The van der Waals surface area contributed by atoms with Crippen LogP contribution in [0.2, 0.25) is 0 Å². The quantitative estimate of drug-likeness (QED) is 0.943. The van der Waals surface area contributed by atoms with Crippen molar-refractivity contribution in [3.05, 3.63) is 47.8 Å². The zero-order valence-corrected chi connectivity index (χ0v) is 12.6. The Morgan fingerprint density at radius 1 is 1.05 bits per heavy atom. The topological polar surface area (TPSA) is 64.6 Å². The van der Waals surface area contributed by atoms with Gasteiger partial charge in [-0.15, -0.1) is 0 Å². The highest BCUT2D eigenvalue weighted by Gasteiger charge is 2.22. The highest BCUT2D eigenvalue weighted by Crippen LogP contribution is 2.35. The van der Waals surface area contributed by atoms with Crippen molar-refractivity contribution in [3.63, 3.8) is 0 Å². The third-order valence-electron chi connectivity index (χ3n) is 3.23. The summed E-state index contributed by atoms with van der Waals surface area (Å²) in [5, 5.41) is 0. The van der Waals surface area contributed by atoms with Crippen molar-refractivity contribution in [2.75, 3.05) is 17.9 Å². The number of fused-ring (bicyclic) bond motifs is 1. The maximum absolute atomic E-state index is 12.9. The maximum atomic E-state index is 12.9. The second kappa shape index (κ2) is 5.49. The minimum Gasteiger partial charge on any atom is -0.486 e. The molecule has 3 rings (SSSR count). The Morgan fingerprint density at radius 2 is 1.64 bits per heavy atom. The van der Waals surface area contributed by atoms with E-state index in [4.69, 9.17) is 9.47 Å². The minimum absolute atomic E-state index is 0.0982. The normalized spacial score (nSPS) is 13.7. The van der Waals surface area contributed by atoms with E-state index in [0.29, 0.717) is 30.3 Å². The van der Waals surface area contributed by atoms with Crippen molar-refractivity contribution in [1.82, 2.24) is 0 Å². The van der Waals surface area contributed by atoms with E-state index in [1.165, 1.54) is 30.3 Å². The van der Waals surface area contributed by atoms with Crippen molar-refractivity contribution in [1.29, 1.82) is 0 Å². The largest absolute Gasteiger partial charge is 0.486 e. The summed E-state index contributed by atoms with van der Waals surface area (Å²) < 4.78 is 51.1. The molecule has 5 nitrogen and oxygen atoms in total. The van der Waals surface area contributed by atoms with Gasteiger partial charge in [0.25, 0.3) is 10.0 Å². The number of hydrogen-bond donors (Lipinski definition) is 1. The second-order valence-electron chi connectivity index (χ2n) is 4.87. The van der Waals surface area contributed by atoms with E-state index in [2.05, 4.69) is 4.72 Å². The van der Waals surface area contributed by atoms with E-state index in [9.17, 15) is 12.8 Å². The molecule has 0 spiro atoms. The number of rotatable bonds is 3. The monoisotopic (exact) mass is 323 g/mol. The van der Waals surface area contributed by atoms with Gasteiger partial charge in [0.2, 0.25) is 0 Å². The van der Waals surface area contributed by atoms with Gasteiger partial charge in [0.15, 0.2) is 11.5 Å². The highest BCUT2D eigenvalue weighted by atomic mass is 32.2. The van der Waals surface area contributed by atoms with Crippen LogP contribution in [0.5, 0.6) is 11.5 Å². The lowest BCUT2D eigenvalue weighted by atomic mass is 10.2. The molecule has 1 heterocycles. The van der Waals surface area contributed by atoms with Crippen LogP contribution >= 0.6 is 0 Å². The van der Waals surface area contributed by atoms with Gasteiger partial charge in [0.05, 0.1) is 4.90 Å². The number of hydrogen-bond acceptors (Lipinski definition) is 4. The second-order valence-corrected chi connectivity index (χ2v) is 6.52.